The van der Waals surface area contributed by atoms with Crippen LogP contribution in [0, 0.1) is 0 Å². The maximum absolute atomic E-state index is 10.4. The zero-order chi connectivity index (χ0) is 10.6. The number of carbonyl (C=O) groups is 1. The number of Topliss-reactive ketones (excluding diaryl/α,β-unsaturated/α-hetero) is 1. The fraction of sp³-hybridized carbons (Fsp3) is 0.778. The standard InChI is InChI=1S/C9H18N2O3/c1-9(12)8-11-14-7-5-3-2-4-6-13-10/h8H,2-7,10H2,1H3/b11-8-. The van der Waals surface area contributed by atoms with Crippen LogP contribution in [0.4, 0.5) is 0 Å². The van der Waals surface area contributed by atoms with Crippen molar-refractivity contribution in [3.05, 3.63) is 0 Å². The van der Waals surface area contributed by atoms with Crippen molar-refractivity contribution in [3.63, 3.8) is 0 Å². The predicted octanol–water partition coefficient (Wildman–Crippen LogP) is 1.03. The van der Waals surface area contributed by atoms with Gasteiger partial charge in [0.25, 0.3) is 0 Å². The third kappa shape index (κ3) is 11.1. The maximum Gasteiger partial charge on any atom is 0.174 e. The van der Waals surface area contributed by atoms with Crippen molar-refractivity contribution >= 4 is 12.0 Å². The number of rotatable bonds is 9. The highest BCUT2D eigenvalue weighted by Gasteiger charge is 1.90. The third-order valence-corrected chi connectivity index (χ3v) is 1.56. The Morgan fingerprint density at radius 2 is 1.93 bits per heavy atom. The molecule has 0 unspecified atom stereocenters. The zero-order valence-corrected chi connectivity index (χ0v) is 8.57. The van der Waals surface area contributed by atoms with Crippen molar-refractivity contribution < 1.29 is 14.5 Å². The second kappa shape index (κ2) is 10.1. The molecule has 0 saturated heterocycles. The molecule has 0 heterocycles. The summed E-state index contributed by atoms with van der Waals surface area (Å²) >= 11 is 0. The van der Waals surface area contributed by atoms with Gasteiger partial charge in [-0.3, -0.25) is 4.79 Å². The van der Waals surface area contributed by atoms with Crippen molar-refractivity contribution in [3.8, 4) is 0 Å². The summed E-state index contributed by atoms with van der Waals surface area (Å²) in [4.78, 5) is 19.7. The summed E-state index contributed by atoms with van der Waals surface area (Å²) in [5.74, 6) is 4.76. The Bertz CT molecular complexity index is 171. The second-order valence-electron chi connectivity index (χ2n) is 2.96. The fourth-order valence-corrected chi connectivity index (χ4v) is 0.870. The molecule has 0 saturated carbocycles. The van der Waals surface area contributed by atoms with Crippen LogP contribution in [0.1, 0.15) is 32.6 Å². The van der Waals surface area contributed by atoms with Crippen LogP contribution in [-0.4, -0.2) is 25.2 Å². The van der Waals surface area contributed by atoms with Crippen LogP contribution in [0.5, 0.6) is 0 Å². The molecule has 2 N–H and O–H groups in total. The van der Waals surface area contributed by atoms with Gasteiger partial charge < -0.3 is 9.68 Å². The number of nitrogens with zero attached hydrogens (tertiary/aromatic N) is 1. The quantitative estimate of drug-likeness (QED) is 0.344. The Balaban J connectivity index is 3.02. The summed E-state index contributed by atoms with van der Waals surface area (Å²) in [7, 11) is 0. The molecule has 0 aromatic rings. The molecule has 82 valence electrons. The molecule has 14 heavy (non-hydrogen) atoms. The number of carbonyl (C=O) groups excluding carboxylic acids is 1. The molecule has 0 aliphatic rings. The normalized spacial score (nSPS) is 10.7. The first-order chi connectivity index (χ1) is 6.77. The molecule has 0 bridgehead atoms. The fourth-order valence-electron chi connectivity index (χ4n) is 0.870. The number of nitrogens with two attached hydrogens (primary N) is 1. The van der Waals surface area contributed by atoms with Crippen molar-refractivity contribution in [2.24, 2.45) is 11.1 Å². The topological polar surface area (TPSA) is 73.9 Å². The highest BCUT2D eigenvalue weighted by atomic mass is 16.6. The van der Waals surface area contributed by atoms with E-state index in [0.29, 0.717) is 13.2 Å². The Labute approximate surface area is 84.2 Å². The highest BCUT2D eigenvalue weighted by molar-refractivity contribution is 6.26. The molecule has 0 aromatic carbocycles. The van der Waals surface area contributed by atoms with Crippen molar-refractivity contribution in [2.75, 3.05) is 13.2 Å². The molecule has 5 nitrogen and oxygen atoms in total. The number of ketones is 1. The van der Waals surface area contributed by atoms with E-state index in [9.17, 15) is 4.79 Å². The van der Waals surface area contributed by atoms with E-state index in [0.717, 1.165) is 25.7 Å². The Morgan fingerprint density at radius 3 is 2.50 bits per heavy atom. The Morgan fingerprint density at radius 1 is 1.29 bits per heavy atom. The monoisotopic (exact) mass is 202 g/mol. The lowest BCUT2D eigenvalue weighted by Gasteiger charge is -1.99. The minimum absolute atomic E-state index is 0.106. The first kappa shape index (κ1) is 13.1. The molecule has 5 heteroatoms. The summed E-state index contributed by atoms with van der Waals surface area (Å²) in [5.41, 5.74) is 0. The van der Waals surface area contributed by atoms with Gasteiger partial charge in [0.15, 0.2) is 5.78 Å². The molecular formula is C9H18N2O3. The first-order valence-electron chi connectivity index (χ1n) is 4.75. The van der Waals surface area contributed by atoms with Crippen molar-refractivity contribution in [2.45, 2.75) is 32.6 Å². The minimum atomic E-state index is -0.106. The summed E-state index contributed by atoms with van der Waals surface area (Å²) in [6, 6.07) is 0. The van der Waals surface area contributed by atoms with E-state index in [1.54, 1.807) is 0 Å². The minimum Gasteiger partial charge on any atom is -0.396 e. The average Bonchev–Trinajstić information content (AvgIpc) is 2.15. The van der Waals surface area contributed by atoms with Crippen LogP contribution >= 0.6 is 0 Å². The van der Waals surface area contributed by atoms with Gasteiger partial charge in [-0.1, -0.05) is 11.6 Å². The molecule has 0 atom stereocenters. The molecule has 0 spiro atoms. The lowest BCUT2D eigenvalue weighted by atomic mass is 10.2. The lowest BCUT2D eigenvalue weighted by Crippen LogP contribution is -2.00. The van der Waals surface area contributed by atoms with Crippen molar-refractivity contribution in [1.82, 2.24) is 0 Å². The largest absolute Gasteiger partial charge is 0.396 e. The Hall–Kier alpha value is -0.940. The summed E-state index contributed by atoms with van der Waals surface area (Å²) in [6.45, 7) is 2.58. The number of oxime groups is 1. The van der Waals surface area contributed by atoms with Gasteiger partial charge >= 0.3 is 0 Å². The van der Waals surface area contributed by atoms with Gasteiger partial charge in [0, 0.05) is 6.92 Å². The average molecular weight is 202 g/mol. The van der Waals surface area contributed by atoms with E-state index in [2.05, 4.69) is 9.99 Å². The number of unbranched alkanes of at least 4 members (excludes halogenated alkanes) is 3. The lowest BCUT2D eigenvalue weighted by molar-refractivity contribution is -0.110. The predicted molar refractivity (Wildman–Crippen MR) is 53.7 cm³/mol. The first-order valence-corrected chi connectivity index (χ1v) is 4.75. The maximum atomic E-state index is 10.4. The van der Waals surface area contributed by atoms with Gasteiger partial charge in [-0.15, -0.1) is 0 Å². The van der Waals surface area contributed by atoms with E-state index >= 15 is 0 Å². The highest BCUT2D eigenvalue weighted by Crippen LogP contribution is 1.99. The van der Waals surface area contributed by atoms with Crippen LogP contribution < -0.4 is 5.90 Å². The van der Waals surface area contributed by atoms with Crippen LogP contribution in [0.15, 0.2) is 5.16 Å². The van der Waals surface area contributed by atoms with Gasteiger partial charge in [0.2, 0.25) is 0 Å². The van der Waals surface area contributed by atoms with E-state index in [1.807, 2.05) is 0 Å². The molecule has 0 amide bonds. The summed E-state index contributed by atoms with van der Waals surface area (Å²) in [5, 5.41) is 3.49. The molecule has 0 aliphatic carbocycles. The van der Waals surface area contributed by atoms with Crippen LogP contribution in [0.2, 0.25) is 0 Å². The van der Waals surface area contributed by atoms with Gasteiger partial charge in [-0.05, 0) is 19.3 Å². The van der Waals surface area contributed by atoms with E-state index in [-0.39, 0.29) is 5.78 Å². The number of hydrogen-bond acceptors (Lipinski definition) is 5. The SMILES string of the molecule is CC(=O)/C=N\OCCCCCCON. The van der Waals surface area contributed by atoms with E-state index < -0.39 is 0 Å². The number of hydrogen-bond donors (Lipinski definition) is 1. The molecular weight excluding hydrogens is 184 g/mol. The van der Waals surface area contributed by atoms with Gasteiger partial charge in [0.05, 0.1) is 6.61 Å². The summed E-state index contributed by atoms with van der Waals surface area (Å²) < 4.78 is 0. The molecule has 0 fully saturated rings. The van der Waals surface area contributed by atoms with E-state index in [1.165, 1.54) is 13.1 Å². The van der Waals surface area contributed by atoms with Gasteiger partial charge in [0.1, 0.15) is 12.8 Å². The third-order valence-electron chi connectivity index (χ3n) is 1.56. The van der Waals surface area contributed by atoms with Crippen LogP contribution in [0.3, 0.4) is 0 Å². The molecule has 0 aliphatic heterocycles. The Kier molecular flexibility index (Phi) is 9.46. The molecule has 0 aromatic heterocycles. The van der Waals surface area contributed by atoms with E-state index in [4.69, 9.17) is 10.7 Å². The second-order valence-corrected chi connectivity index (χ2v) is 2.96. The van der Waals surface area contributed by atoms with Crippen LogP contribution in [-0.2, 0) is 14.5 Å². The smallest absolute Gasteiger partial charge is 0.174 e. The van der Waals surface area contributed by atoms with Crippen LogP contribution in [0.25, 0.3) is 0 Å². The van der Waals surface area contributed by atoms with Gasteiger partial charge in [-0.2, -0.15) is 0 Å². The summed E-state index contributed by atoms with van der Waals surface area (Å²) in [6.07, 6.45) is 5.19. The molecule has 0 rings (SSSR count). The zero-order valence-electron chi connectivity index (χ0n) is 8.57. The van der Waals surface area contributed by atoms with Gasteiger partial charge in [-0.25, -0.2) is 5.90 Å². The molecule has 0 radical (unpaired) electrons. The van der Waals surface area contributed by atoms with Crippen molar-refractivity contribution in [1.29, 1.82) is 0 Å².